The minimum absolute atomic E-state index is 0.137. The Labute approximate surface area is 142 Å². The van der Waals surface area contributed by atoms with Crippen LogP contribution in [0.3, 0.4) is 0 Å². The van der Waals surface area contributed by atoms with Crippen LogP contribution in [0.4, 0.5) is 0 Å². The van der Waals surface area contributed by atoms with Crippen LogP contribution in [0.15, 0.2) is 29.2 Å². The number of nitrogens with zero attached hydrogens (tertiary/aromatic N) is 1. The lowest BCUT2D eigenvalue weighted by Gasteiger charge is -2.19. The van der Waals surface area contributed by atoms with Gasteiger partial charge in [0.1, 0.15) is 0 Å². The maximum Gasteiger partial charge on any atom is 0.251 e. The molecule has 1 amide bonds. The number of sulfonamides is 1. The fraction of sp³-hybridized carbons (Fsp3) is 0.562. The minimum Gasteiger partial charge on any atom is -0.380 e. The number of carbonyl (C=O) groups is 1. The first-order valence-corrected chi connectivity index (χ1v) is 9.71. The van der Waals surface area contributed by atoms with Crippen LogP contribution in [-0.4, -0.2) is 64.1 Å². The second kappa shape index (κ2) is 7.60. The topological polar surface area (TPSA) is 87.7 Å². The quantitative estimate of drug-likeness (QED) is 0.807. The number of rotatable bonds is 4. The third-order valence-electron chi connectivity index (χ3n) is 4.33. The Morgan fingerprint density at radius 3 is 2.71 bits per heavy atom. The van der Waals surface area contributed by atoms with E-state index in [1.807, 2.05) is 0 Å². The number of benzene rings is 1. The largest absolute Gasteiger partial charge is 0.380 e. The molecule has 1 atom stereocenters. The summed E-state index contributed by atoms with van der Waals surface area (Å²) >= 11 is 0. The van der Waals surface area contributed by atoms with Crippen molar-refractivity contribution in [2.75, 3.05) is 39.4 Å². The Kier molecular flexibility index (Phi) is 5.50. The fourth-order valence-corrected chi connectivity index (χ4v) is 4.40. The third kappa shape index (κ3) is 3.94. The Hall–Kier alpha value is -1.48. The highest BCUT2D eigenvalue weighted by Crippen LogP contribution is 2.18. The fourth-order valence-electron chi connectivity index (χ4n) is 2.94. The predicted molar refractivity (Wildman–Crippen MR) is 89.4 cm³/mol. The zero-order valence-corrected chi connectivity index (χ0v) is 14.3. The van der Waals surface area contributed by atoms with Gasteiger partial charge < -0.3 is 15.4 Å². The van der Waals surface area contributed by atoms with Gasteiger partial charge >= 0.3 is 0 Å². The van der Waals surface area contributed by atoms with Gasteiger partial charge in [0.05, 0.1) is 11.5 Å². The van der Waals surface area contributed by atoms with Gasteiger partial charge in [-0.1, -0.05) is 0 Å². The Morgan fingerprint density at radius 1 is 1.21 bits per heavy atom. The average Bonchev–Trinajstić information content (AvgIpc) is 2.93. The smallest absolute Gasteiger partial charge is 0.251 e. The van der Waals surface area contributed by atoms with Gasteiger partial charge in [0.2, 0.25) is 10.0 Å². The van der Waals surface area contributed by atoms with Crippen molar-refractivity contribution in [1.29, 1.82) is 0 Å². The van der Waals surface area contributed by atoms with Gasteiger partial charge in [-0.15, -0.1) is 0 Å². The SMILES string of the molecule is O=C(N[C@H]1CCNC1)c1ccc(S(=O)(=O)N2CCCOCC2)cc1. The van der Waals surface area contributed by atoms with E-state index in [1.165, 1.54) is 16.4 Å². The molecule has 24 heavy (non-hydrogen) atoms. The molecule has 2 fully saturated rings. The molecule has 7 nitrogen and oxygen atoms in total. The van der Waals surface area contributed by atoms with Crippen molar-refractivity contribution in [3.05, 3.63) is 29.8 Å². The molecule has 3 rings (SSSR count). The van der Waals surface area contributed by atoms with E-state index in [0.717, 1.165) is 19.5 Å². The van der Waals surface area contributed by atoms with Crippen LogP contribution in [0.2, 0.25) is 0 Å². The van der Waals surface area contributed by atoms with E-state index in [0.29, 0.717) is 38.3 Å². The third-order valence-corrected chi connectivity index (χ3v) is 6.24. The van der Waals surface area contributed by atoms with E-state index in [4.69, 9.17) is 4.74 Å². The molecule has 2 aliphatic rings. The van der Waals surface area contributed by atoms with Crippen molar-refractivity contribution in [2.24, 2.45) is 0 Å². The molecule has 0 aliphatic carbocycles. The summed E-state index contributed by atoms with van der Waals surface area (Å²) in [5.74, 6) is -0.171. The Morgan fingerprint density at radius 2 is 2.00 bits per heavy atom. The van der Waals surface area contributed by atoms with Gasteiger partial charge in [0.15, 0.2) is 0 Å². The summed E-state index contributed by atoms with van der Waals surface area (Å²) in [6, 6.07) is 6.28. The highest BCUT2D eigenvalue weighted by Gasteiger charge is 2.25. The van der Waals surface area contributed by atoms with Gasteiger partial charge in [0, 0.05) is 37.8 Å². The highest BCUT2D eigenvalue weighted by atomic mass is 32.2. The second-order valence-electron chi connectivity index (χ2n) is 6.06. The summed E-state index contributed by atoms with van der Waals surface area (Å²) in [7, 11) is -3.54. The van der Waals surface area contributed by atoms with Crippen molar-refractivity contribution in [1.82, 2.24) is 14.9 Å². The van der Waals surface area contributed by atoms with Gasteiger partial charge in [0.25, 0.3) is 5.91 Å². The lowest BCUT2D eigenvalue weighted by atomic mass is 10.2. The lowest BCUT2D eigenvalue weighted by molar-refractivity contribution is 0.0940. The van der Waals surface area contributed by atoms with Crippen LogP contribution in [0.1, 0.15) is 23.2 Å². The zero-order chi connectivity index (χ0) is 17.0. The highest BCUT2D eigenvalue weighted by molar-refractivity contribution is 7.89. The summed E-state index contributed by atoms with van der Waals surface area (Å²) in [5, 5.41) is 6.14. The Bertz CT molecular complexity index is 661. The molecule has 0 radical (unpaired) electrons. The molecule has 0 bridgehead atoms. The predicted octanol–water partition coefficient (Wildman–Crippen LogP) is 0.189. The maximum atomic E-state index is 12.7. The molecule has 132 valence electrons. The van der Waals surface area contributed by atoms with Crippen LogP contribution in [0, 0.1) is 0 Å². The molecular weight excluding hydrogens is 330 g/mol. The molecule has 2 heterocycles. The summed E-state index contributed by atoms with van der Waals surface area (Å²) in [4.78, 5) is 12.4. The number of hydrogen-bond acceptors (Lipinski definition) is 5. The molecule has 0 saturated carbocycles. The first kappa shape index (κ1) is 17.3. The van der Waals surface area contributed by atoms with Gasteiger partial charge in [-0.25, -0.2) is 8.42 Å². The second-order valence-corrected chi connectivity index (χ2v) is 8.00. The van der Waals surface area contributed by atoms with Crippen LogP contribution < -0.4 is 10.6 Å². The van der Waals surface area contributed by atoms with Crippen molar-refractivity contribution in [2.45, 2.75) is 23.8 Å². The van der Waals surface area contributed by atoms with Crippen molar-refractivity contribution >= 4 is 15.9 Å². The van der Waals surface area contributed by atoms with Crippen LogP contribution >= 0.6 is 0 Å². The van der Waals surface area contributed by atoms with Crippen LogP contribution in [0.5, 0.6) is 0 Å². The average molecular weight is 353 g/mol. The van der Waals surface area contributed by atoms with Crippen molar-refractivity contribution in [3.63, 3.8) is 0 Å². The first-order chi connectivity index (χ1) is 11.6. The van der Waals surface area contributed by atoms with E-state index in [2.05, 4.69) is 10.6 Å². The van der Waals surface area contributed by atoms with E-state index >= 15 is 0 Å². The molecule has 2 saturated heterocycles. The summed E-state index contributed by atoms with van der Waals surface area (Å²) in [6.45, 7) is 3.49. The molecule has 0 unspecified atom stereocenters. The first-order valence-electron chi connectivity index (χ1n) is 8.27. The number of ether oxygens (including phenoxy) is 1. The molecule has 1 aromatic carbocycles. The zero-order valence-electron chi connectivity index (χ0n) is 13.5. The van der Waals surface area contributed by atoms with Crippen LogP contribution in [0.25, 0.3) is 0 Å². The van der Waals surface area contributed by atoms with E-state index in [9.17, 15) is 13.2 Å². The summed E-state index contributed by atoms with van der Waals surface area (Å²) < 4.78 is 32.1. The van der Waals surface area contributed by atoms with E-state index in [-0.39, 0.29) is 16.8 Å². The van der Waals surface area contributed by atoms with Crippen molar-refractivity contribution in [3.8, 4) is 0 Å². The number of hydrogen-bond donors (Lipinski definition) is 2. The molecule has 2 N–H and O–H groups in total. The summed E-state index contributed by atoms with van der Waals surface area (Å²) in [6.07, 6.45) is 1.60. The maximum absolute atomic E-state index is 12.7. The number of nitrogens with one attached hydrogen (secondary N) is 2. The van der Waals surface area contributed by atoms with Crippen molar-refractivity contribution < 1.29 is 17.9 Å². The van der Waals surface area contributed by atoms with Gasteiger partial charge in [-0.3, -0.25) is 4.79 Å². The van der Waals surface area contributed by atoms with Crippen LogP contribution in [-0.2, 0) is 14.8 Å². The lowest BCUT2D eigenvalue weighted by Crippen LogP contribution is -2.36. The monoisotopic (exact) mass is 353 g/mol. The standard InChI is InChI=1S/C16H23N3O4S/c20-16(18-14-6-7-17-12-14)13-2-4-15(5-3-13)24(21,22)19-8-1-10-23-11-9-19/h2-5,14,17H,1,6-12H2,(H,18,20)/t14-/m0/s1. The van der Waals surface area contributed by atoms with E-state index < -0.39 is 10.0 Å². The molecule has 0 spiro atoms. The van der Waals surface area contributed by atoms with Gasteiger partial charge in [-0.05, 0) is 43.7 Å². The molecule has 1 aromatic rings. The van der Waals surface area contributed by atoms with Gasteiger partial charge in [-0.2, -0.15) is 4.31 Å². The molecule has 8 heteroatoms. The molecular formula is C16H23N3O4S. The Balaban J connectivity index is 1.69. The molecule has 0 aromatic heterocycles. The number of carbonyl (C=O) groups excluding carboxylic acids is 1. The summed E-state index contributed by atoms with van der Waals surface area (Å²) in [5.41, 5.74) is 0.472. The van der Waals surface area contributed by atoms with E-state index in [1.54, 1.807) is 12.1 Å². The molecule has 2 aliphatic heterocycles. The minimum atomic E-state index is -3.54. The normalized spacial score (nSPS) is 22.9. The number of amides is 1.